The molecule has 0 unspecified atom stereocenters. The van der Waals surface area contributed by atoms with Crippen molar-refractivity contribution in [2.45, 2.75) is 0 Å². The second-order valence-electron chi connectivity index (χ2n) is 6.45. The minimum atomic E-state index is -0.340. The van der Waals surface area contributed by atoms with Crippen LogP contribution in [-0.4, -0.2) is 20.2 Å². The zero-order valence-corrected chi connectivity index (χ0v) is 16.5. The molecule has 0 amide bonds. The topological polar surface area (TPSA) is 61.5 Å². The van der Waals surface area contributed by atoms with Gasteiger partial charge in [-0.15, -0.1) is 0 Å². The van der Waals surface area contributed by atoms with Crippen molar-refractivity contribution in [1.82, 2.24) is 0 Å². The summed E-state index contributed by atoms with van der Waals surface area (Å²) in [6.45, 7) is 0. The molecule has 0 aliphatic heterocycles. The Morgan fingerprint density at radius 3 is 1.93 bits per heavy atom. The maximum Gasteiger partial charge on any atom is 0.337 e. The van der Waals surface area contributed by atoms with Gasteiger partial charge in [0.2, 0.25) is 0 Å². The minimum absolute atomic E-state index is 0.340. The molecular formula is C25H23NO3. The van der Waals surface area contributed by atoms with Gasteiger partial charge in [-0.3, -0.25) is 0 Å². The summed E-state index contributed by atoms with van der Waals surface area (Å²) in [5.41, 5.74) is 11.1. The van der Waals surface area contributed by atoms with E-state index in [1.165, 1.54) is 7.11 Å². The van der Waals surface area contributed by atoms with Gasteiger partial charge in [0.1, 0.15) is 5.75 Å². The highest BCUT2D eigenvalue weighted by atomic mass is 16.5. The van der Waals surface area contributed by atoms with Crippen molar-refractivity contribution in [2.75, 3.05) is 20.0 Å². The molecule has 0 aliphatic rings. The largest absolute Gasteiger partial charge is 0.496 e. The van der Waals surface area contributed by atoms with E-state index in [9.17, 15) is 4.79 Å². The lowest BCUT2D eigenvalue weighted by atomic mass is 10.1. The monoisotopic (exact) mass is 385 g/mol. The van der Waals surface area contributed by atoms with Gasteiger partial charge in [-0.05, 0) is 47.0 Å². The van der Waals surface area contributed by atoms with Crippen LogP contribution in [0.25, 0.3) is 24.3 Å². The van der Waals surface area contributed by atoms with Gasteiger partial charge in [0.25, 0.3) is 0 Å². The van der Waals surface area contributed by atoms with E-state index in [2.05, 4.69) is 0 Å². The van der Waals surface area contributed by atoms with Crippen LogP contribution in [0.15, 0.2) is 66.7 Å². The van der Waals surface area contributed by atoms with Gasteiger partial charge in [-0.2, -0.15) is 0 Å². The highest BCUT2D eigenvalue weighted by Crippen LogP contribution is 2.24. The maximum absolute atomic E-state index is 11.5. The molecule has 0 bridgehead atoms. The molecule has 0 heterocycles. The van der Waals surface area contributed by atoms with Crippen molar-refractivity contribution in [2.24, 2.45) is 0 Å². The first kappa shape index (κ1) is 20.0. The molecule has 0 radical (unpaired) electrons. The number of hydrogen-bond acceptors (Lipinski definition) is 4. The molecule has 0 saturated carbocycles. The summed E-state index contributed by atoms with van der Waals surface area (Å²) < 4.78 is 10.3. The molecule has 0 aliphatic carbocycles. The first-order valence-electron chi connectivity index (χ1n) is 9.17. The number of benzene rings is 3. The van der Waals surface area contributed by atoms with E-state index in [4.69, 9.17) is 15.2 Å². The lowest BCUT2D eigenvalue weighted by Gasteiger charge is -2.06. The predicted molar refractivity (Wildman–Crippen MR) is 119 cm³/mol. The molecule has 0 aromatic heterocycles. The van der Waals surface area contributed by atoms with Gasteiger partial charge in [0, 0.05) is 11.3 Å². The van der Waals surface area contributed by atoms with Crippen LogP contribution in [0.2, 0.25) is 0 Å². The van der Waals surface area contributed by atoms with Crippen LogP contribution < -0.4 is 10.5 Å². The summed E-state index contributed by atoms with van der Waals surface area (Å²) in [7, 11) is 3.03. The van der Waals surface area contributed by atoms with Crippen molar-refractivity contribution in [3.8, 4) is 5.75 Å². The molecule has 3 aromatic rings. The summed E-state index contributed by atoms with van der Waals surface area (Å²) in [5, 5.41) is 0. The Hall–Kier alpha value is -3.79. The fourth-order valence-corrected chi connectivity index (χ4v) is 2.80. The molecule has 146 valence electrons. The van der Waals surface area contributed by atoms with Gasteiger partial charge in [0.15, 0.2) is 0 Å². The Bertz CT molecular complexity index is 1030. The molecule has 29 heavy (non-hydrogen) atoms. The number of carbonyl (C=O) groups excluding carboxylic acids is 1. The second-order valence-corrected chi connectivity index (χ2v) is 6.45. The smallest absolute Gasteiger partial charge is 0.337 e. The number of nitrogen functional groups attached to an aromatic ring is 1. The second kappa shape index (κ2) is 9.42. The molecule has 0 saturated heterocycles. The molecule has 3 rings (SSSR count). The fourth-order valence-electron chi connectivity index (χ4n) is 2.80. The fraction of sp³-hybridized carbons (Fsp3) is 0.0800. The molecule has 4 heteroatoms. The first-order valence-corrected chi connectivity index (χ1v) is 9.17. The van der Waals surface area contributed by atoms with Gasteiger partial charge in [0.05, 0.1) is 19.8 Å². The highest BCUT2D eigenvalue weighted by molar-refractivity contribution is 5.89. The van der Waals surface area contributed by atoms with Crippen LogP contribution in [0.4, 0.5) is 5.69 Å². The predicted octanol–water partition coefficient (Wildman–Crippen LogP) is 5.40. The lowest BCUT2D eigenvalue weighted by Crippen LogP contribution is -2.00. The average molecular weight is 385 g/mol. The molecular weight excluding hydrogens is 362 g/mol. The summed E-state index contributed by atoms with van der Waals surface area (Å²) >= 11 is 0. The van der Waals surface area contributed by atoms with Crippen molar-refractivity contribution < 1.29 is 14.3 Å². The first-order chi connectivity index (χ1) is 14.1. The maximum atomic E-state index is 11.5. The summed E-state index contributed by atoms with van der Waals surface area (Å²) in [5.74, 6) is 0.452. The zero-order chi connectivity index (χ0) is 20.6. The molecule has 0 fully saturated rings. The lowest BCUT2D eigenvalue weighted by molar-refractivity contribution is 0.0600. The Morgan fingerprint density at radius 2 is 1.31 bits per heavy atom. The number of hydrogen-bond donors (Lipinski definition) is 1. The van der Waals surface area contributed by atoms with Crippen LogP contribution in [-0.2, 0) is 4.74 Å². The molecule has 3 aromatic carbocycles. The van der Waals surface area contributed by atoms with Gasteiger partial charge in [-0.1, -0.05) is 60.7 Å². The van der Waals surface area contributed by atoms with Crippen LogP contribution in [0.3, 0.4) is 0 Å². The normalized spacial score (nSPS) is 11.1. The average Bonchev–Trinajstić information content (AvgIpc) is 2.77. The SMILES string of the molecule is COC(=O)c1ccc(/C=C/c2ccc(/C=C/c3ccc(N)cc3)c(OC)c2)cc1. The zero-order valence-electron chi connectivity index (χ0n) is 16.5. The molecule has 0 spiro atoms. The van der Waals surface area contributed by atoms with Crippen LogP contribution >= 0.6 is 0 Å². The van der Waals surface area contributed by atoms with E-state index in [0.717, 1.165) is 33.7 Å². The number of nitrogens with two attached hydrogens (primary N) is 1. The number of esters is 1. The molecule has 2 N–H and O–H groups in total. The van der Waals surface area contributed by atoms with E-state index >= 15 is 0 Å². The summed E-state index contributed by atoms with van der Waals surface area (Å²) in [4.78, 5) is 11.5. The van der Waals surface area contributed by atoms with Gasteiger partial charge < -0.3 is 15.2 Å². The highest BCUT2D eigenvalue weighted by Gasteiger charge is 2.04. The summed E-state index contributed by atoms with van der Waals surface area (Å²) in [6.07, 6.45) is 8.03. The Balaban J connectivity index is 1.75. The number of anilines is 1. The number of methoxy groups -OCH3 is 2. The number of carbonyl (C=O) groups is 1. The Morgan fingerprint density at radius 1 is 0.759 bits per heavy atom. The van der Waals surface area contributed by atoms with E-state index in [0.29, 0.717) is 5.56 Å². The minimum Gasteiger partial charge on any atom is -0.496 e. The Labute approximate surface area is 170 Å². The molecule has 4 nitrogen and oxygen atoms in total. The van der Waals surface area contributed by atoms with E-state index in [-0.39, 0.29) is 5.97 Å². The standard InChI is InChI=1S/C25H23NO3/c1-28-24-17-20(4-3-18-6-13-22(14-7-18)25(27)29-2)8-12-21(24)11-5-19-9-15-23(26)16-10-19/h3-17H,26H2,1-2H3/b4-3+,11-5+. The quantitative estimate of drug-likeness (QED) is 0.350. The van der Waals surface area contributed by atoms with Crippen LogP contribution in [0.5, 0.6) is 5.75 Å². The van der Waals surface area contributed by atoms with Gasteiger partial charge in [-0.25, -0.2) is 4.79 Å². The number of rotatable bonds is 6. The van der Waals surface area contributed by atoms with Crippen LogP contribution in [0, 0.1) is 0 Å². The van der Waals surface area contributed by atoms with E-state index in [1.54, 1.807) is 19.2 Å². The van der Waals surface area contributed by atoms with Crippen LogP contribution in [0.1, 0.15) is 32.6 Å². The third kappa shape index (κ3) is 5.36. The van der Waals surface area contributed by atoms with Crippen molar-refractivity contribution in [3.63, 3.8) is 0 Å². The van der Waals surface area contributed by atoms with Crippen molar-refractivity contribution >= 4 is 36.0 Å². The number of ether oxygens (including phenoxy) is 2. The van der Waals surface area contributed by atoms with Crippen molar-refractivity contribution in [3.05, 3.63) is 94.5 Å². The van der Waals surface area contributed by atoms with Crippen molar-refractivity contribution in [1.29, 1.82) is 0 Å². The third-order valence-electron chi connectivity index (χ3n) is 4.45. The van der Waals surface area contributed by atoms with Gasteiger partial charge >= 0.3 is 5.97 Å². The third-order valence-corrected chi connectivity index (χ3v) is 4.45. The Kier molecular flexibility index (Phi) is 6.48. The van der Waals surface area contributed by atoms with E-state index in [1.807, 2.05) is 78.9 Å². The summed E-state index contributed by atoms with van der Waals surface area (Å²) in [6, 6.07) is 21.0. The van der Waals surface area contributed by atoms with E-state index < -0.39 is 0 Å². The molecule has 0 atom stereocenters.